The van der Waals surface area contributed by atoms with Crippen LogP contribution in [0.25, 0.3) is 17.1 Å². The van der Waals surface area contributed by atoms with Gasteiger partial charge in [-0.25, -0.2) is 9.67 Å². The van der Waals surface area contributed by atoms with Gasteiger partial charge in [0.2, 0.25) is 0 Å². The van der Waals surface area contributed by atoms with Gasteiger partial charge >= 0.3 is 6.18 Å². The molecule has 2 heterocycles. The van der Waals surface area contributed by atoms with E-state index in [4.69, 9.17) is 4.74 Å². The van der Waals surface area contributed by atoms with Crippen molar-refractivity contribution in [1.29, 1.82) is 0 Å². The van der Waals surface area contributed by atoms with Crippen molar-refractivity contribution in [2.75, 3.05) is 7.11 Å². The number of fused-ring (bicyclic) bond motifs is 1. The second-order valence-electron chi connectivity index (χ2n) is 10.5. The molecule has 0 fully saturated rings. The van der Waals surface area contributed by atoms with E-state index >= 15 is 0 Å². The highest BCUT2D eigenvalue weighted by atomic mass is 19.4. The van der Waals surface area contributed by atoms with Crippen molar-refractivity contribution < 1.29 is 27.5 Å². The molecule has 206 valence electrons. The summed E-state index contributed by atoms with van der Waals surface area (Å²) in [6.07, 6.45) is -2.22. The summed E-state index contributed by atoms with van der Waals surface area (Å²) in [5.41, 5.74) is 1.89. The lowest BCUT2D eigenvalue weighted by Crippen LogP contribution is -2.28. The van der Waals surface area contributed by atoms with Gasteiger partial charge in [0.1, 0.15) is 11.4 Å². The van der Waals surface area contributed by atoms with Gasteiger partial charge in [-0.05, 0) is 53.8 Å². The van der Waals surface area contributed by atoms with E-state index in [9.17, 15) is 22.8 Å². The van der Waals surface area contributed by atoms with Crippen LogP contribution in [0, 0.1) is 5.41 Å². The van der Waals surface area contributed by atoms with Gasteiger partial charge in [0.25, 0.3) is 5.91 Å². The quantitative estimate of drug-likeness (QED) is 0.317. The maximum atomic E-state index is 13.2. The first-order chi connectivity index (χ1) is 18.9. The fourth-order valence-electron chi connectivity index (χ4n) is 4.83. The molecule has 0 saturated carbocycles. The lowest BCUT2D eigenvalue weighted by molar-refractivity contribution is -0.137. The molecule has 1 aliphatic carbocycles. The predicted octanol–water partition coefficient (Wildman–Crippen LogP) is 6.05. The Morgan fingerprint density at radius 1 is 1.02 bits per heavy atom. The van der Waals surface area contributed by atoms with Crippen molar-refractivity contribution in [3.63, 3.8) is 0 Å². The molecule has 2 aromatic heterocycles. The Morgan fingerprint density at radius 3 is 2.33 bits per heavy atom. The first kappa shape index (κ1) is 27.1. The molecule has 1 N–H and O–H groups in total. The molecule has 0 saturated heterocycles. The third-order valence-corrected chi connectivity index (χ3v) is 6.87. The fraction of sp³-hybridized carbons (Fsp3) is 0.267. The lowest BCUT2D eigenvalue weighted by atomic mass is 9.75. The number of nitrogens with zero attached hydrogens (tertiary/aromatic N) is 3. The van der Waals surface area contributed by atoms with E-state index in [0.717, 1.165) is 23.4 Å². The zero-order chi connectivity index (χ0) is 28.7. The molecule has 0 bridgehead atoms. The summed E-state index contributed by atoms with van der Waals surface area (Å²) in [4.78, 5) is 30.4. The van der Waals surface area contributed by atoms with Crippen LogP contribution >= 0.6 is 0 Å². The highest BCUT2D eigenvalue weighted by molar-refractivity contribution is 6.04. The van der Waals surface area contributed by atoms with Crippen molar-refractivity contribution in [2.24, 2.45) is 5.41 Å². The predicted molar refractivity (Wildman–Crippen MR) is 142 cm³/mol. The van der Waals surface area contributed by atoms with Gasteiger partial charge < -0.3 is 10.1 Å². The minimum absolute atomic E-state index is 0.123. The Kier molecular flexibility index (Phi) is 6.95. The number of methoxy groups -OCH3 is 1. The average Bonchev–Trinajstić information content (AvgIpc) is 3.30. The normalized spacial score (nSPS) is 14.5. The van der Waals surface area contributed by atoms with E-state index in [1.54, 1.807) is 23.9 Å². The van der Waals surface area contributed by atoms with Crippen molar-refractivity contribution in [2.45, 2.75) is 39.4 Å². The molecule has 1 amide bonds. The molecular weight excluding hydrogens is 521 g/mol. The Morgan fingerprint density at radius 2 is 1.73 bits per heavy atom. The van der Waals surface area contributed by atoms with Crippen LogP contribution in [-0.2, 0) is 19.1 Å². The van der Waals surface area contributed by atoms with Gasteiger partial charge in [0, 0.05) is 24.7 Å². The fourth-order valence-corrected chi connectivity index (χ4v) is 4.83. The number of carbonyl (C=O) groups is 2. The molecule has 0 radical (unpaired) electrons. The van der Waals surface area contributed by atoms with E-state index in [1.165, 1.54) is 18.3 Å². The maximum Gasteiger partial charge on any atom is 0.416 e. The summed E-state index contributed by atoms with van der Waals surface area (Å²) >= 11 is 0. The number of hydrogen-bond acceptors (Lipinski definition) is 5. The van der Waals surface area contributed by atoms with E-state index in [2.05, 4.69) is 15.4 Å². The monoisotopic (exact) mass is 548 g/mol. The topological polar surface area (TPSA) is 86.1 Å². The molecule has 0 atom stereocenters. The molecule has 5 rings (SSSR count). The van der Waals surface area contributed by atoms with Crippen LogP contribution in [0.3, 0.4) is 0 Å². The number of Topliss-reactive ketones (excluding diaryl/α,β-unsaturated/α-hetero) is 1. The largest absolute Gasteiger partial charge is 0.497 e. The van der Waals surface area contributed by atoms with Crippen LogP contribution in [0.4, 0.5) is 13.2 Å². The minimum Gasteiger partial charge on any atom is -0.497 e. The first-order valence-electron chi connectivity index (χ1n) is 12.7. The van der Waals surface area contributed by atoms with E-state index in [0.29, 0.717) is 53.3 Å². The molecule has 0 aliphatic heterocycles. The molecule has 40 heavy (non-hydrogen) atoms. The molecule has 2 aromatic carbocycles. The number of hydrogen-bond donors (Lipinski definition) is 1. The van der Waals surface area contributed by atoms with Gasteiger partial charge in [-0.1, -0.05) is 38.1 Å². The Bertz CT molecular complexity index is 1560. The van der Waals surface area contributed by atoms with E-state index < -0.39 is 11.7 Å². The number of ketones is 1. The molecule has 0 unspecified atom stereocenters. The molecular formula is C30H27F3N4O3. The van der Waals surface area contributed by atoms with Crippen molar-refractivity contribution >= 4 is 11.7 Å². The highest BCUT2D eigenvalue weighted by Crippen LogP contribution is 2.40. The number of ether oxygens (including phenoxy) is 1. The summed E-state index contributed by atoms with van der Waals surface area (Å²) in [5, 5.41) is 7.50. The SMILES string of the molecule is COc1ccc(CNC(=O)c2ccc(-n3nc(-c4ccc(C(F)(F)F)cc4)c4c3CC(C)(C)CC4=O)nc2)cc1. The van der Waals surface area contributed by atoms with Gasteiger partial charge in [-0.3, -0.25) is 9.59 Å². The number of pyridine rings is 1. The van der Waals surface area contributed by atoms with Crippen LogP contribution in [-0.4, -0.2) is 33.6 Å². The first-order valence-corrected chi connectivity index (χ1v) is 12.7. The molecule has 4 aromatic rings. The number of benzene rings is 2. The number of carbonyl (C=O) groups excluding carboxylic acids is 2. The number of aromatic nitrogens is 3. The van der Waals surface area contributed by atoms with Gasteiger partial charge in [-0.15, -0.1) is 0 Å². The smallest absolute Gasteiger partial charge is 0.416 e. The number of nitrogens with one attached hydrogen (secondary N) is 1. The standard InChI is InChI=1S/C30H27F3N4O3/c1-29(2)14-23-26(24(38)15-29)27(19-6-9-21(10-7-19)30(31,32)33)36-37(23)25-13-8-20(17-34-25)28(39)35-16-18-4-11-22(40-3)12-5-18/h4-13,17H,14-16H2,1-3H3,(H,35,39). The molecule has 7 nitrogen and oxygen atoms in total. The van der Waals surface area contributed by atoms with E-state index in [1.807, 2.05) is 38.1 Å². The van der Waals surface area contributed by atoms with Crippen molar-refractivity contribution in [3.05, 3.63) is 94.8 Å². The summed E-state index contributed by atoms with van der Waals surface area (Å²) in [6.45, 7) is 4.28. The second kappa shape index (κ2) is 10.3. The lowest BCUT2D eigenvalue weighted by Gasteiger charge is -2.29. The summed E-state index contributed by atoms with van der Waals surface area (Å²) in [7, 11) is 1.58. The van der Waals surface area contributed by atoms with Gasteiger partial charge in [0.05, 0.1) is 29.5 Å². The number of halogens is 3. The zero-order valence-corrected chi connectivity index (χ0v) is 22.2. The van der Waals surface area contributed by atoms with Gasteiger partial charge in [-0.2, -0.15) is 18.3 Å². The van der Waals surface area contributed by atoms with Crippen LogP contribution in [0.5, 0.6) is 5.75 Å². The summed E-state index contributed by atoms with van der Waals surface area (Å²) in [5.74, 6) is 0.690. The third kappa shape index (κ3) is 5.47. The van der Waals surface area contributed by atoms with Gasteiger partial charge in [0.15, 0.2) is 11.6 Å². The minimum atomic E-state index is -4.47. The van der Waals surface area contributed by atoms with Crippen molar-refractivity contribution in [1.82, 2.24) is 20.1 Å². The number of amides is 1. The summed E-state index contributed by atoms with van der Waals surface area (Å²) in [6, 6.07) is 15.2. The van der Waals surface area contributed by atoms with Crippen LogP contribution < -0.4 is 10.1 Å². The maximum absolute atomic E-state index is 13.2. The number of rotatable bonds is 6. The van der Waals surface area contributed by atoms with E-state index in [-0.39, 0.29) is 17.1 Å². The zero-order valence-electron chi connectivity index (χ0n) is 22.2. The molecule has 10 heteroatoms. The third-order valence-electron chi connectivity index (χ3n) is 6.87. The summed E-state index contributed by atoms with van der Waals surface area (Å²) < 4.78 is 46.0. The number of alkyl halides is 3. The Labute approximate surface area is 229 Å². The van der Waals surface area contributed by atoms with Crippen LogP contribution in [0.2, 0.25) is 0 Å². The molecule has 1 aliphatic rings. The van der Waals surface area contributed by atoms with Crippen molar-refractivity contribution in [3.8, 4) is 22.8 Å². The van der Waals surface area contributed by atoms with Crippen LogP contribution in [0.1, 0.15) is 57.8 Å². The molecule has 0 spiro atoms. The highest BCUT2D eigenvalue weighted by Gasteiger charge is 2.37. The second-order valence-corrected chi connectivity index (χ2v) is 10.5. The Balaban J connectivity index is 1.43. The van der Waals surface area contributed by atoms with Crippen LogP contribution in [0.15, 0.2) is 66.9 Å². The average molecular weight is 549 g/mol. The Hall–Kier alpha value is -4.47.